The molecule has 0 spiro atoms. The fraction of sp³-hybridized carbons (Fsp3) is 0.600. The Morgan fingerprint density at radius 1 is 1.06 bits per heavy atom. The molecule has 0 heterocycles. The lowest BCUT2D eigenvalue weighted by atomic mass is 9.83. The Morgan fingerprint density at radius 2 is 1.69 bits per heavy atom. The molecule has 0 amide bonds. The maximum atomic E-state index is 3.61. The minimum absolute atomic E-state index is 0.544. The van der Waals surface area contributed by atoms with Crippen molar-refractivity contribution in [1.29, 1.82) is 0 Å². The minimum Gasteiger partial charge on any atom is -0.314 e. The van der Waals surface area contributed by atoms with Crippen LogP contribution in [0.15, 0.2) is 30.3 Å². The van der Waals surface area contributed by atoms with Gasteiger partial charge in [0.25, 0.3) is 0 Å². The monoisotopic (exact) mass is 219 g/mol. The molecule has 0 aliphatic rings. The fourth-order valence-electron chi connectivity index (χ4n) is 2.43. The van der Waals surface area contributed by atoms with Crippen LogP contribution in [0.2, 0.25) is 0 Å². The summed E-state index contributed by atoms with van der Waals surface area (Å²) in [5.74, 6) is 1.27. The Kier molecular flexibility index (Phi) is 5.54. The second kappa shape index (κ2) is 6.70. The Balaban J connectivity index is 2.75. The first-order chi connectivity index (χ1) is 7.66. The highest BCUT2D eigenvalue weighted by molar-refractivity contribution is 5.21. The summed E-state index contributed by atoms with van der Waals surface area (Å²) in [5.41, 5.74) is 1.45. The standard InChI is InChI=1S/C15H25N/c1-5-11-16-13(4)15(12(2)3)14-9-7-6-8-10-14/h6-10,12-13,15-16H,5,11H2,1-4H3. The van der Waals surface area contributed by atoms with Gasteiger partial charge in [0.15, 0.2) is 0 Å². The van der Waals surface area contributed by atoms with Gasteiger partial charge in [-0.3, -0.25) is 0 Å². The van der Waals surface area contributed by atoms with Crippen molar-refractivity contribution in [3.63, 3.8) is 0 Å². The summed E-state index contributed by atoms with van der Waals surface area (Å²) < 4.78 is 0. The molecule has 0 fully saturated rings. The molecule has 0 bridgehead atoms. The van der Waals surface area contributed by atoms with E-state index >= 15 is 0 Å². The van der Waals surface area contributed by atoms with Crippen molar-refractivity contribution in [2.75, 3.05) is 6.54 Å². The van der Waals surface area contributed by atoms with Crippen LogP contribution in [0.5, 0.6) is 0 Å². The van der Waals surface area contributed by atoms with E-state index in [4.69, 9.17) is 0 Å². The zero-order valence-corrected chi connectivity index (χ0v) is 11.0. The summed E-state index contributed by atoms with van der Waals surface area (Å²) in [6, 6.07) is 11.4. The van der Waals surface area contributed by atoms with Crippen LogP contribution in [0.4, 0.5) is 0 Å². The van der Waals surface area contributed by atoms with Crippen molar-refractivity contribution in [1.82, 2.24) is 5.32 Å². The van der Waals surface area contributed by atoms with Gasteiger partial charge in [-0.2, -0.15) is 0 Å². The largest absolute Gasteiger partial charge is 0.314 e. The molecule has 0 aliphatic carbocycles. The summed E-state index contributed by atoms with van der Waals surface area (Å²) >= 11 is 0. The lowest BCUT2D eigenvalue weighted by Crippen LogP contribution is -2.35. The third kappa shape index (κ3) is 3.64. The Morgan fingerprint density at radius 3 is 2.19 bits per heavy atom. The van der Waals surface area contributed by atoms with Gasteiger partial charge in [-0.25, -0.2) is 0 Å². The quantitative estimate of drug-likeness (QED) is 0.767. The minimum atomic E-state index is 0.544. The van der Waals surface area contributed by atoms with Crippen LogP contribution in [0, 0.1) is 5.92 Å². The second-order valence-corrected chi connectivity index (χ2v) is 4.92. The van der Waals surface area contributed by atoms with Crippen LogP contribution in [0.25, 0.3) is 0 Å². The average Bonchev–Trinajstić information content (AvgIpc) is 2.27. The van der Waals surface area contributed by atoms with Gasteiger partial charge in [0, 0.05) is 12.0 Å². The SMILES string of the molecule is CCCNC(C)C(c1ccccc1)C(C)C. The van der Waals surface area contributed by atoms with Crippen LogP contribution in [-0.2, 0) is 0 Å². The molecule has 0 aliphatic heterocycles. The Labute approximate surface area is 100 Å². The normalized spacial score (nSPS) is 15.1. The molecule has 1 aromatic rings. The lowest BCUT2D eigenvalue weighted by molar-refractivity contribution is 0.377. The Bertz CT molecular complexity index is 279. The summed E-state index contributed by atoms with van der Waals surface area (Å²) in [6.45, 7) is 10.2. The van der Waals surface area contributed by atoms with E-state index < -0.39 is 0 Å². The van der Waals surface area contributed by atoms with E-state index in [-0.39, 0.29) is 0 Å². The molecule has 2 unspecified atom stereocenters. The van der Waals surface area contributed by atoms with Crippen molar-refractivity contribution in [2.24, 2.45) is 5.92 Å². The lowest BCUT2D eigenvalue weighted by Gasteiger charge is -2.28. The number of benzene rings is 1. The molecule has 1 nitrogen and oxygen atoms in total. The van der Waals surface area contributed by atoms with Gasteiger partial charge in [0.05, 0.1) is 0 Å². The Hall–Kier alpha value is -0.820. The fourth-order valence-corrected chi connectivity index (χ4v) is 2.43. The van der Waals surface area contributed by atoms with Crippen LogP contribution in [0.1, 0.15) is 45.6 Å². The van der Waals surface area contributed by atoms with Gasteiger partial charge in [-0.15, -0.1) is 0 Å². The molecule has 0 aromatic heterocycles. The van der Waals surface area contributed by atoms with Crippen molar-refractivity contribution in [2.45, 2.75) is 46.1 Å². The maximum absolute atomic E-state index is 3.61. The van der Waals surface area contributed by atoms with Crippen molar-refractivity contribution in [3.05, 3.63) is 35.9 Å². The van der Waals surface area contributed by atoms with E-state index in [2.05, 4.69) is 63.3 Å². The molecule has 0 saturated heterocycles. The molecule has 1 aromatic carbocycles. The number of rotatable bonds is 6. The molecular weight excluding hydrogens is 194 g/mol. The van der Waals surface area contributed by atoms with Crippen molar-refractivity contribution in [3.8, 4) is 0 Å². The highest BCUT2D eigenvalue weighted by atomic mass is 14.9. The van der Waals surface area contributed by atoms with Gasteiger partial charge >= 0.3 is 0 Å². The highest BCUT2D eigenvalue weighted by Gasteiger charge is 2.21. The van der Waals surface area contributed by atoms with Gasteiger partial charge in [0.2, 0.25) is 0 Å². The molecule has 90 valence electrons. The van der Waals surface area contributed by atoms with Gasteiger partial charge in [-0.05, 0) is 31.4 Å². The molecule has 16 heavy (non-hydrogen) atoms. The number of hydrogen-bond acceptors (Lipinski definition) is 1. The third-order valence-corrected chi connectivity index (χ3v) is 3.16. The van der Waals surface area contributed by atoms with Crippen molar-refractivity contribution >= 4 is 0 Å². The van der Waals surface area contributed by atoms with Crippen LogP contribution in [0.3, 0.4) is 0 Å². The van der Waals surface area contributed by atoms with Crippen LogP contribution >= 0.6 is 0 Å². The van der Waals surface area contributed by atoms with E-state index in [9.17, 15) is 0 Å². The van der Waals surface area contributed by atoms with E-state index in [1.807, 2.05) is 0 Å². The topological polar surface area (TPSA) is 12.0 Å². The first-order valence-electron chi connectivity index (χ1n) is 6.45. The first-order valence-corrected chi connectivity index (χ1v) is 6.45. The smallest absolute Gasteiger partial charge is 0.0110 e. The summed E-state index contributed by atoms with van der Waals surface area (Å²) in [4.78, 5) is 0. The summed E-state index contributed by atoms with van der Waals surface area (Å²) in [6.07, 6.45) is 1.20. The first kappa shape index (κ1) is 13.2. The maximum Gasteiger partial charge on any atom is 0.0110 e. The molecular formula is C15H25N. The molecule has 0 saturated carbocycles. The van der Waals surface area contributed by atoms with Gasteiger partial charge in [-0.1, -0.05) is 51.1 Å². The zero-order valence-electron chi connectivity index (χ0n) is 11.0. The second-order valence-electron chi connectivity index (χ2n) is 4.92. The van der Waals surface area contributed by atoms with E-state index in [1.165, 1.54) is 12.0 Å². The predicted octanol–water partition coefficient (Wildman–Crippen LogP) is 3.81. The molecule has 1 heteroatoms. The molecule has 1 rings (SSSR count). The molecule has 2 atom stereocenters. The third-order valence-electron chi connectivity index (χ3n) is 3.16. The summed E-state index contributed by atoms with van der Waals surface area (Å²) in [5, 5.41) is 3.61. The number of nitrogens with one attached hydrogen (secondary N) is 1. The van der Waals surface area contributed by atoms with Gasteiger partial charge < -0.3 is 5.32 Å². The molecule has 0 radical (unpaired) electrons. The summed E-state index contributed by atoms with van der Waals surface area (Å²) in [7, 11) is 0. The molecule has 1 N–H and O–H groups in total. The van der Waals surface area contributed by atoms with E-state index in [0.717, 1.165) is 6.54 Å². The van der Waals surface area contributed by atoms with Gasteiger partial charge in [0.1, 0.15) is 0 Å². The number of hydrogen-bond donors (Lipinski definition) is 1. The van der Waals surface area contributed by atoms with Crippen LogP contribution < -0.4 is 5.32 Å². The zero-order chi connectivity index (χ0) is 12.0. The average molecular weight is 219 g/mol. The van der Waals surface area contributed by atoms with Crippen LogP contribution in [-0.4, -0.2) is 12.6 Å². The predicted molar refractivity (Wildman–Crippen MR) is 71.8 cm³/mol. The highest BCUT2D eigenvalue weighted by Crippen LogP contribution is 2.27. The van der Waals surface area contributed by atoms with Crippen molar-refractivity contribution < 1.29 is 0 Å². The van der Waals surface area contributed by atoms with E-state index in [0.29, 0.717) is 17.9 Å². The van der Waals surface area contributed by atoms with E-state index in [1.54, 1.807) is 0 Å².